The van der Waals surface area contributed by atoms with Gasteiger partial charge in [0, 0.05) is 50.7 Å². The summed E-state index contributed by atoms with van der Waals surface area (Å²) in [5.41, 5.74) is 0.451. The molecule has 8 heteroatoms. The van der Waals surface area contributed by atoms with Crippen LogP contribution in [0.2, 0.25) is 5.02 Å². The number of aromatic nitrogens is 2. The molecule has 0 unspecified atom stereocenters. The van der Waals surface area contributed by atoms with Crippen molar-refractivity contribution in [2.45, 2.75) is 13.1 Å². The third-order valence-corrected chi connectivity index (χ3v) is 3.71. The zero-order valence-electron chi connectivity index (χ0n) is 13.3. The van der Waals surface area contributed by atoms with Crippen molar-refractivity contribution in [3.05, 3.63) is 52.8 Å². The number of benzene rings is 1. The zero-order valence-corrected chi connectivity index (χ0v) is 16.3. The van der Waals surface area contributed by atoms with Crippen molar-refractivity contribution in [1.29, 1.82) is 0 Å². The van der Waals surface area contributed by atoms with Crippen molar-refractivity contribution >= 4 is 41.5 Å². The van der Waals surface area contributed by atoms with Crippen LogP contribution in [0.15, 0.2) is 35.6 Å². The number of hydrogen-bond donors (Lipinski definition) is 1. The maximum atomic E-state index is 13.9. The van der Waals surface area contributed by atoms with Crippen LogP contribution in [0.5, 0.6) is 0 Å². The topological polar surface area (TPSA) is 45.5 Å². The minimum atomic E-state index is -0.320. The Balaban J connectivity index is 0.00000264. The number of guanidine groups is 1. The highest BCUT2D eigenvalue weighted by molar-refractivity contribution is 14.0. The summed E-state index contributed by atoms with van der Waals surface area (Å²) in [6, 6.07) is 4.67. The Morgan fingerprint density at radius 1 is 1.48 bits per heavy atom. The van der Waals surface area contributed by atoms with E-state index < -0.39 is 0 Å². The third-order valence-electron chi connectivity index (χ3n) is 3.36. The van der Waals surface area contributed by atoms with E-state index in [1.165, 1.54) is 6.07 Å². The first kappa shape index (κ1) is 19.7. The Labute approximate surface area is 157 Å². The van der Waals surface area contributed by atoms with Gasteiger partial charge in [0.25, 0.3) is 0 Å². The third kappa shape index (κ3) is 5.07. The standard InChI is InChI=1S/C15H19ClFN5.HI/c1-18-15(20-9-14-19-7-8-21(14)2)22(3)10-11-12(16)5-4-6-13(11)17;/h4-8H,9-10H2,1-3H3,(H,18,20);1H. The van der Waals surface area contributed by atoms with Crippen LogP contribution >= 0.6 is 35.6 Å². The van der Waals surface area contributed by atoms with Crippen LogP contribution in [-0.4, -0.2) is 34.5 Å². The van der Waals surface area contributed by atoms with Crippen molar-refractivity contribution in [3.8, 4) is 0 Å². The van der Waals surface area contributed by atoms with Gasteiger partial charge in [-0.2, -0.15) is 0 Å². The van der Waals surface area contributed by atoms with Crippen molar-refractivity contribution in [3.63, 3.8) is 0 Å². The van der Waals surface area contributed by atoms with Crippen LogP contribution in [0.4, 0.5) is 4.39 Å². The number of hydrogen-bond acceptors (Lipinski definition) is 2. The Hall–Kier alpha value is -1.35. The molecule has 0 aliphatic carbocycles. The minimum Gasteiger partial charge on any atom is -0.349 e. The van der Waals surface area contributed by atoms with Gasteiger partial charge < -0.3 is 14.8 Å². The summed E-state index contributed by atoms with van der Waals surface area (Å²) >= 11 is 6.06. The van der Waals surface area contributed by atoms with Gasteiger partial charge in [-0.15, -0.1) is 24.0 Å². The molecule has 2 rings (SSSR count). The second-order valence-corrected chi connectivity index (χ2v) is 5.32. The van der Waals surface area contributed by atoms with Crippen molar-refractivity contribution in [2.24, 2.45) is 12.0 Å². The van der Waals surface area contributed by atoms with Gasteiger partial charge in [-0.3, -0.25) is 4.99 Å². The average Bonchev–Trinajstić information content (AvgIpc) is 2.89. The fourth-order valence-corrected chi connectivity index (χ4v) is 2.33. The molecule has 1 aromatic carbocycles. The molecule has 23 heavy (non-hydrogen) atoms. The Morgan fingerprint density at radius 2 is 2.22 bits per heavy atom. The molecule has 1 aromatic heterocycles. The lowest BCUT2D eigenvalue weighted by Crippen LogP contribution is -2.38. The quantitative estimate of drug-likeness (QED) is 0.442. The van der Waals surface area contributed by atoms with Gasteiger partial charge in [0.05, 0.1) is 6.54 Å². The molecule has 0 fully saturated rings. The van der Waals surface area contributed by atoms with Gasteiger partial charge >= 0.3 is 0 Å². The highest BCUT2D eigenvalue weighted by Crippen LogP contribution is 2.20. The average molecular weight is 452 g/mol. The number of rotatable bonds is 4. The lowest BCUT2D eigenvalue weighted by molar-refractivity contribution is 0.459. The van der Waals surface area contributed by atoms with E-state index in [-0.39, 0.29) is 29.8 Å². The first-order chi connectivity index (χ1) is 10.5. The first-order valence-electron chi connectivity index (χ1n) is 6.83. The molecule has 0 radical (unpaired) electrons. The molecule has 0 bridgehead atoms. The SMILES string of the molecule is CN=C(NCc1nccn1C)N(C)Cc1c(F)cccc1Cl.I. The van der Waals surface area contributed by atoms with Crippen molar-refractivity contribution in [2.75, 3.05) is 14.1 Å². The summed E-state index contributed by atoms with van der Waals surface area (Å²) in [6.45, 7) is 0.858. The largest absolute Gasteiger partial charge is 0.349 e. The molecule has 0 spiro atoms. The first-order valence-corrected chi connectivity index (χ1v) is 7.21. The van der Waals surface area contributed by atoms with Crippen LogP contribution in [0, 0.1) is 5.82 Å². The highest BCUT2D eigenvalue weighted by Gasteiger charge is 2.13. The van der Waals surface area contributed by atoms with Gasteiger partial charge in [0.15, 0.2) is 5.96 Å². The summed E-state index contributed by atoms with van der Waals surface area (Å²) in [5, 5.41) is 3.61. The van der Waals surface area contributed by atoms with E-state index in [1.54, 1.807) is 25.4 Å². The lowest BCUT2D eigenvalue weighted by Gasteiger charge is -2.22. The summed E-state index contributed by atoms with van der Waals surface area (Å²) < 4.78 is 15.8. The fourth-order valence-electron chi connectivity index (χ4n) is 2.11. The highest BCUT2D eigenvalue weighted by atomic mass is 127. The molecule has 1 N–H and O–H groups in total. The maximum Gasteiger partial charge on any atom is 0.194 e. The van der Waals surface area contributed by atoms with E-state index in [1.807, 2.05) is 29.8 Å². The monoisotopic (exact) mass is 451 g/mol. The summed E-state index contributed by atoms with van der Waals surface area (Å²) in [5.74, 6) is 1.21. The molecule has 0 saturated heterocycles. The molecule has 0 saturated carbocycles. The second kappa shape index (κ2) is 9.07. The molecule has 0 aliphatic rings. The molecular weight excluding hydrogens is 432 g/mol. The zero-order chi connectivity index (χ0) is 16.1. The molecule has 0 atom stereocenters. The van der Waals surface area contributed by atoms with Crippen LogP contribution in [0.25, 0.3) is 0 Å². The van der Waals surface area contributed by atoms with Crippen LogP contribution in [0.1, 0.15) is 11.4 Å². The predicted molar refractivity (Wildman–Crippen MR) is 102 cm³/mol. The minimum absolute atomic E-state index is 0. The van der Waals surface area contributed by atoms with E-state index in [9.17, 15) is 4.39 Å². The molecule has 126 valence electrons. The smallest absolute Gasteiger partial charge is 0.194 e. The van der Waals surface area contributed by atoms with Gasteiger partial charge in [0.2, 0.25) is 0 Å². The van der Waals surface area contributed by atoms with E-state index in [0.717, 1.165) is 5.82 Å². The summed E-state index contributed by atoms with van der Waals surface area (Å²) in [4.78, 5) is 10.3. The normalized spacial score (nSPS) is 11.1. The van der Waals surface area contributed by atoms with Crippen molar-refractivity contribution in [1.82, 2.24) is 19.8 Å². The molecule has 2 aromatic rings. The Kier molecular flexibility index (Phi) is 7.77. The van der Waals surface area contributed by atoms with Crippen LogP contribution in [-0.2, 0) is 20.1 Å². The molecule has 1 heterocycles. The number of halogens is 3. The van der Waals surface area contributed by atoms with Crippen LogP contribution < -0.4 is 5.32 Å². The summed E-state index contributed by atoms with van der Waals surface area (Å²) in [7, 11) is 5.44. The van der Waals surface area contributed by atoms with E-state index in [4.69, 9.17) is 11.6 Å². The van der Waals surface area contributed by atoms with Crippen LogP contribution in [0.3, 0.4) is 0 Å². The molecule has 0 aliphatic heterocycles. The number of nitrogens with zero attached hydrogens (tertiary/aromatic N) is 4. The number of aryl methyl sites for hydroxylation is 1. The fraction of sp³-hybridized carbons (Fsp3) is 0.333. The second-order valence-electron chi connectivity index (χ2n) is 4.91. The number of aliphatic imine (C=N–C) groups is 1. The summed E-state index contributed by atoms with van der Waals surface area (Å²) in [6.07, 6.45) is 3.62. The van der Waals surface area contributed by atoms with Gasteiger partial charge in [-0.05, 0) is 12.1 Å². The van der Waals surface area contributed by atoms with Crippen molar-refractivity contribution < 1.29 is 4.39 Å². The number of imidazole rings is 1. The Morgan fingerprint density at radius 3 is 2.78 bits per heavy atom. The van der Waals surface area contributed by atoms with Gasteiger partial charge in [-0.25, -0.2) is 9.37 Å². The number of nitrogens with one attached hydrogen (secondary N) is 1. The predicted octanol–water partition coefficient (Wildman–Crippen LogP) is 3.04. The van der Waals surface area contributed by atoms with Gasteiger partial charge in [-0.1, -0.05) is 17.7 Å². The Bertz CT molecular complexity index is 653. The molecular formula is C15H20ClFIN5. The van der Waals surface area contributed by atoms with E-state index in [2.05, 4.69) is 15.3 Å². The maximum absolute atomic E-state index is 13.9. The molecule has 0 amide bonds. The lowest BCUT2D eigenvalue weighted by atomic mass is 10.2. The van der Waals surface area contributed by atoms with E-state index >= 15 is 0 Å². The molecule has 5 nitrogen and oxygen atoms in total. The van der Waals surface area contributed by atoms with Gasteiger partial charge in [0.1, 0.15) is 11.6 Å². The van der Waals surface area contributed by atoms with E-state index in [0.29, 0.717) is 29.6 Å².